The lowest BCUT2D eigenvalue weighted by molar-refractivity contribution is 0.340. The molecule has 0 spiro atoms. The summed E-state index contributed by atoms with van der Waals surface area (Å²) in [5.41, 5.74) is 8.12. The van der Waals surface area contributed by atoms with Gasteiger partial charge in [-0.15, -0.1) is 0 Å². The third kappa shape index (κ3) is 2.84. The highest BCUT2D eigenvalue weighted by Crippen LogP contribution is 2.21. The normalized spacial score (nSPS) is 12.2. The number of ether oxygens (including phenoxy) is 1. The lowest BCUT2D eigenvalue weighted by Crippen LogP contribution is -2.15. The van der Waals surface area contributed by atoms with Gasteiger partial charge in [0, 0.05) is 12.4 Å². The van der Waals surface area contributed by atoms with Crippen LogP contribution in [0.15, 0.2) is 36.7 Å². The van der Waals surface area contributed by atoms with Crippen LogP contribution in [0.2, 0.25) is 0 Å². The summed E-state index contributed by atoms with van der Waals surface area (Å²) in [4.78, 5) is 8.51. The summed E-state index contributed by atoms with van der Waals surface area (Å²) in [5, 5.41) is 0. The Hall–Kier alpha value is -1.94. The fourth-order valence-electron chi connectivity index (χ4n) is 1.68. The summed E-state index contributed by atoms with van der Waals surface area (Å²) < 4.78 is 5.46. The molecular formula is C14H17N3O. The van der Waals surface area contributed by atoms with Crippen molar-refractivity contribution in [2.24, 2.45) is 5.73 Å². The standard InChI is InChI=1S/C14H17N3O/c1-3-18-12-6-4-5-11(7-12)13(15)14-16-8-10(2)9-17-14/h4-9,13H,3,15H2,1-2H3. The summed E-state index contributed by atoms with van der Waals surface area (Å²) >= 11 is 0. The van der Waals surface area contributed by atoms with Crippen molar-refractivity contribution in [1.29, 1.82) is 0 Å². The van der Waals surface area contributed by atoms with Gasteiger partial charge in [-0.2, -0.15) is 0 Å². The first-order valence-electron chi connectivity index (χ1n) is 5.97. The molecule has 2 N–H and O–H groups in total. The van der Waals surface area contributed by atoms with Gasteiger partial charge in [-0.05, 0) is 37.1 Å². The Morgan fingerprint density at radius 1 is 1.28 bits per heavy atom. The van der Waals surface area contributed by atoms with Gasteiger partial charge in [0.15, 0.2) is 0 Å². The first-order valence-corrected chi connectivity index (χ1v) is 5.97. The molecule has 0 radical (unpaired) electrons. The zero-order chi connectivity index (χ0) is 13.0. The molecule has 0 aliphatic heterocycles. The number of aryl methyl sites for hydroxylation is 1. The van der Waals surface area contributed by atoms with Gasteiger partial charge in [0.2, 0.25) is 0 Å². The minimum absolute atomic E-state index is 0.328. The van der Waals surface area contributed by atoms with E-state index < -0.39 is 0 Å². The van der Waals surface area contributed by atoms with Crippen LogP contribution in [-0.2, 0) is 0 Å². The van der Waals surface area contributed by atoms with Crippen LogP contribution < -0.4 is 10.5 Å². The highest BCUT2D eigenvalue weighted by Gasteiger charge is 2.12. The van der Waals surface area contributed by atoms with E-state index in [9.17, 15) is 0 Å². The molecule has 2 aromatic rings. The van der Waals surface area contributed by atoms with Crippen molar-refractivity contribution < 1.29 is 4.74 Å². The molecule has 0 saturated carbocycles. The van der Waals surface area contributed by atoms with E-state index in [1.54, 1.807) is 12.4 Å². The van der Waals surface area contributed by atoms with Crippen molar-refractivity contribution in [3.63, 3.8) is 0 Å². The highest BCUT2D eigenvalue weighted by atomic mass is 16.5. The molecule has 4 heteroatoms. The molecule has 0 aliphatic carbocycles. The van der Waals surface area contributed by atoms with Gasteiger partial charge in [0.1, 0.15) is 11.6 Å². The van der Waals surface area contributed by atoms with Crippen molar-refractivity contribution in [2.75, 3.05) is 6.61 Å². The van der Waals surface area contributed by atoms with Gasteiger partial charge >= 0.3 is 0 Å². The average Bonchev–Trinajstić information content (AvgIpc) is 2.39. The second-order valence-corrected chi connectivity index (χ2v) is 4.10. The van der Waals surface area contributed by atoms with Crippen LogP contribution in [0.3, 0.4) is 0 Å². The van der Waals surface area contributed by atoms with Crippen LogP contribution in [0.25, 0.3) is 0 Å². The molecule has 0 amide bonds. The van der Waals surface area contributed by atoms with E-state index in [4.69, 9.17) is 10.5 Å². The number of hydrogen-bond donors (Lipinski definition) is 1. The Labute approximate surface area is 107 Å². The van der Waals surface area contributed by atoms with E-state index in [1.807, 2.05) is 38.1 Å². The molecule has 18 heavy (non-hydrogen) atoms. The quantitative estimate of drug-likeness (QED) is 0.894. The number of nitrogens with zero attached hydrogens (tertiary/aromatic N) is 2. The largest absolute Gasteiger partial charge is 0.494 e. The van der Waals surface area contributed by atoms with Crippen molar-refractivity contribution in [3.05, 3.63) is 53.6 Å². The topological polar surface area (TPSA) is 61.0 Å². The molecule has 1 heterocycles. The molecule has 94 valence electrons. The maximum absolute atomic E-state index is 6.15. The number of aromatic nitrogens is 2. The first kappa shape index (κ1) is 12.5. The Morgan fingerprint density at radius 2 is 2.00 bits per heavy atom. The predicted octanol–water partition coefficient (Wildman–Crippen LogP) is 2.23. The molecule has 1 atom stereocenters. The molecule has 1 aromatic heterocycles. The van der Waals surface area contributed by atoms with Gasteiger partial charge in [-0.3, -0.25) is 0 Å². The van der Waals surface area contributed by atoms with Crippen LogP contribution in [0, 0.1) is 6.92 Å². The smallest absolute Gasteiger partial charge is 0.149 e. The second kappa shape index (κ2) is 5.60. The predicted molar refractivity (Wildman–Crippen MR) is 70.4 cm³/mol. The summed E-state index contributed by atoms with van der Waals surface area (Å²) in [6, 6.07) is 7.39. The van der Waals surface area contributed by atoms with Gasteiger partial charge in [-0.25, -0.2) is 9.97 Å². The van der Waals surface area contributed by atoms with Crippen molar-refractivity contribution in [1.82, 2.24) is 9.97 Å². The molecule has 4 nitrogen and oxygen atoms in total. The van der Waals surface area contributed by atoms with Crippen LogP contribution >= 0.6 is 0 Å². The Bertz CT molecular complexity index is 511. The fraction of sp³-hybridized carbons (Fsp3) is 0.286. The zero-order valence-corrected chi connectivity index (χ0v) is 10.6. The molecule has 0 bridgehead atoms. The van der Waals surface area contributed by atoms with Crippen LogP contribution in [-0.4, -0.2) is 16.6 Å². The molecule has 1 unspecified atom stereocenters. The van der Waals surface area contributed by atoms with E-state index in [-0.39, 0.29) is 6.04 Å². The number of rotatable bonds is 4. The second-order valence-electron chi connectivity index (χ2n) is 4.10. The molecule has 0 aliphatic rings. The van der Waals surface area contributed by atoms with E-state index >= 15 is 0 Å². The molecule has 0 saturated heterocycles. The lowest BCUT2D eigenvalue weighted by Gasteiger charge is -2.12. The van der Waals surface area contributed by atoms with Crippen LogP contribution in [0.5, 0.6) is 5.75 Å². The maximum Gasteiger partial charge on any atom is 0.149 e. The van der Waals surface area contributed by atoms with Crippen molar-refractivity contribution in [3.8, 4) is 5.75 Å². The summed E-state index contributed by atoms with van der Waals surface area (Å²) in [7, 11) is 0. The van der Waals surface area contributed by atoms with Crippen LogP contribution in [0.1, 0.15) is 29.9 Å². The molecule has 1 aromatic carbocycles. The van der Waals surface area contributed by atoms with E-state index in [1.165, 1.54) is 0 Å². The van der Waals surface area contributed by atoms with Gasteiger partial charge < -0.3 is 10.5 Å². The monoisotopic (exact) mass is 243 g/mol. The Kier molecular flexibility index (Phi) is 3.89. The fourth-order valence-corrected chi connectivity index (χ4v) is 1.68. The van der Waals surface area contributed by atoms with Gasteiger partial charge in [-0.1, -0.05) is 12.1 Å². The molecular weight excluding hydrogens is 226 g/mol. The average molecular weight is 243 g/mol. The number of hydrogen-bond acceptors (Lipinski definition) is 4. The van der Waals surface area contributed by atoms with Crippen molar-refractivity contribution >= 4 is 0 Å². The van der Waals surface area contributed by atoms with E-state index in [0.29, 0.717) is 12.4 Å². The summed E-state index contributed by atoms with van der Waals surface area (Å²) in [6.07, 6.45) is 3.54. The Morgan fingerprint density at radius 3 is 2.67 bits per heavy atom. The van der Waals surface area contributed by atoms with E-state index in [0.717, 1.165) is 16.9 Å². The molecule has 2 rings (SSSR count). The van der Waals surface area contributed by atoms with Gasteiger partial charge in [0.25, 0.3) is 0 Å². The molecule has 0 fully saturated rings. The minimum Gasteiger partial charge on any atom is -0.494 e. The SMILES string of the molecule is CCOc1cccc(C(N)c2ncc(C)cn2)c1. The van der Waals surface area contributed by atoms with Crippen molar-refractivity contribution in [2.45, 2.75) is 19.9 Å². The summed E-state index contributed by atoms with van der Waals surface area (Å²) in [6.45, 7) is 4.54. The zero-order valence-electron chi connectivity index (χ0n) is 10.6. The third-order valence-corrected chi connectivity index (χ3v) is 2.61. The highest BCUT2D eigenvalue weighted by molar-refractivity contribution is 5.33. The first-order chi connectivity index (χ1) is 8.70. The maximum atomic E-state index is 6.15. The van der Waals surface area contributed by atoms with Crippen LogP contribution in [0.4, 0.5) is 0 Å². The van der Waals surface area contributed by atoms with Gasteiger partial charge in [0.05, 0.1) is 12.6 Å². The third-order valence-electron chi connectivity index (χ3n) is 2.61. The van der Waals surface area contributed by atoms with E-state index in [2.05, 4.69) is 9.97 Å². The minimum atomic E-state index is -0.328. The Balaban J connectivity index is 2.24. The lowest BCUT2D eigenvalue weighted by atomic mass is 10.1. The number of nitrogens with two attached hydrogens (primary N) is 1. The summed E-state index contributed by atoms with van der Waals surface area (Å²) in [5.74, 6) is 1.44. The number of benzene rings is 1.